The Morgan fingerprint density at radius 3 is 3.00 bits per heavy atom. The molecule has 0 spiro atoms. The molecule has 82 valence electrons. The van der Waals surface area contributed by atoms with Crippen LogP contribution in [0.2, 0.25) is 0 Å². The molecule has 3 rings (SSSR count). The summed E-state index contributed by atoms with van der Waals surface area (Å²) in [5, 5.41) is 1.13. The van der Waals surface area contributed by atoms with Crippen molar-refractivity contribution < 1.29 is 14.2 Å². The van der Waals surface area contributed by atoms with Gasteiger partial charge >= 0.3 is 0 Å². The van der Waals surface area contributed by atoms with E-state index in [1.807, 2.05) is 0 Å². The van der Waals surface area contributed by atoms with E-state index in [1.54, 1.807) is 24.4 Å². The minimum Gasteiger partial charge on any atom is -0.454 e. The van der Waals surface area contributed by atoms with Gasteiger partial charge in [-0.2, -0.15) is 0 Å². The van der Waals surface area contributed by atoms with Gasteiger partial charge in [0.2, 0.25) is 6.79 Å². The van der Waals surface area contributed by atoms with Crippen LogP contribution in [0.5, 0.6) is 22.4 Å². The third-order valence-corrected chi connectivity index (χ3v) is 2.76. The number of fused-ring (bicyclic) bond motifs is 1. The van der Waals surface area contributed by atoms with Gasteiger partial charge in [-0.15, -0.1) is 0 Å². The van der Waals surface area contributed by atoms with Gasteiger partial charge in [0.1, 0.15) is 10.8 Å². The molecule has 0 amide bonds. The highest BCUT2D eigenvalue weighted by molar-refractivity contribution is 7.17. The van der Waals surface area contributed by atoms with Crippen LogP contribution in [0, 0.1) is 0 Å². The first-order valence-corrected chi connectivity index (χ1v) is 5.42. The average Bonchev–Trinajstić information content (AvgIpc) is 2.87. The van der Waals surface area contributed by atoms with Crippen molar-refractivity contribution in [1.29, 1.82) is 0 Å². The lowest BCUT2D eigenvalue weighted by molar-refractivity contribution is 0.174. The van der Waals surface area contributed by atoms with Crippen LogP contribution in [-0.4, -0.2) is 11.8 Å². The predicted molar refractivity (Wildman–Crippen MR) is 59.2 cm³/mol. The van der Waals surface area contributed by atoms with E-state index < -0.39 is 0 Å². The quantitative estimate of drug-likeness (QED) is 0.866. The molecule has 0 aliphatic carbocycles. The van der Waals surface area contributed by atoms with E-state index in [4.69, 9.17) is 19.9 Å². The number of benzene rings is 1. The molecule has 16 heavy (non-hydrogen) atoms. The first kappa shape index (κ1) is 9.29. The molecule has 0 atom stereocenters. The van der Waals surface area contributed by atoms with Gasteiger partial charge in [0.15, 0.2) is 11.5 Å². The fourth-order valence-electron chi connectivity index (χ4n) is 1.36. The van der Waals surface area contributed by atoms with Crippen molar-refractivity contribution in [3.05, 3.63) is 24.4 Å². The maximum atomic E-state index is 5.55. The second-order valence-electron chi connectivity index (χ2n) is 3.15. The Labute approximate surface area is 95.4 Å². The summed E-state index contributed by atoms with van der Waals surface area (Å²) in [6.07, 6.45) is 1.56. The van der Waals surface area contributed by atoms with Crippen LogP contribution in [0.1, 0.15) is 0 Å². The number of aromatic nitrogens is 1. The van der Waals surface area contributed by atoms with Crippen molar-refractivity contribution in [2.75, 3.05) is 12.5 Å². The molecule has 1 aliphatic rings. The molecule has 0 fully saturated rings. The molecule has 0 saturated heterocycles. The number of thiazole rings is 1. The summed E-state index contributed by atoms with van der Waals surface area (Å²) < 4.78 is 16.0. The van der Waals surface area contributed by atoms with Gasteiger partial charge in [0.25, 0.3) is 5.19 Å². The largest absolute Gasteiger partial charge is 0.454 e. The van der Waals surface area contributed by atoms with Gasteiger partial charge < -0.3 is 19.9 Å². The number of hydrogen-bond acceptors (Lipinski definition) is 6. The molecule has 6 heteroatoms. The second kappa shape index (κ2) is 3.57. The van der Waals surface area contributed by atoms with Crippen molar-refractivity contribution in [3.8, 4) is 22.4 Å². The maximum Gasteiger partial charge on any atom is 0.280 e. The van der Waals surface area contributed by atoms with Gasteiger partial charge in [-0.25, -0.2) is 4.98 Å². The molecule has 1 aromatic heterocycles. The topological polar surface area (TPSA) is 66.6 Å². The fourth-order valence-corrected chi connectivity index (χ4v) is 1.91. The number of nitrogen functional groups attached to an aromatic ring is 1. The highest BCUT2D eigenvalue weighted by Crippen LogP contribution is 2.37. The van der Waals surface area contributed by atoms with E-state index in [0.717, 1.165) is 5.75 Å². The highest BCUT2D eigenvalue weighted by Gasteiger charge is 2.14. The van der Waals surface area contributed by atoms with Crippen LogP contribution < -0.4 is 19.9 Å². The zero-order valence-electron chi connectivity index (χ0n) is 8.17. The maximum absolute atomic E-state index is 5.55. The standard InChI is InChI=1S/C10H8N2O3S/c11-9-4-12-10(16-9)15-6-1-2-7-8(3-6)14-5-13-7/h1-4H,5,11H2. The van der Waals surface area contributed by atoms with Gasteiger partial charge in [-0.05, 0) is 12.1 Å². The van der Waals surface area contributed by atoms with Crippen molar-refractivity contribution in [2.45, 2.75) is 0 Å². The van der Waals surface area contributed by atoms with Crippen molar-refractivity contribution in [1.82, 2.24) is 4.98 Å². The van der Waals surface area contributed by atoms with Gasteiger partial charge in [0.05, 0.1) is 6.20 Å². The SMILES string of the molecule is Nc1cnc(Oc2ccc3c(c2)OCO3)s1. The summed E-state index contributed by atoms with van der Waals surface area (Å²) in [6.45, 7) is 0.253. The molecule has 0 radical (unpaired) electrons. The lowest BCUT2D eigenvalue weighted by Gasteiger charge is -2.02. The van der Waals surface area contributed by atoms with Crippen LogP contribution in [0.4, 0.5) is 5.00 Å². The zero-order valence-corrected chi connectivity index (χ0v) is 8.99. The number of anilines is 1. The first-order valence-electron chi connectivity index (χ1n) is 4.60. The predicted octanol–water partition coefficient (Wildman–Crippen LogP) is 2.25. The minimum absolute atomic E-state index is 0.253. The monoisotopic (exact) mass is 236 g/mol. The molecule has 0 saturated carbocycles. The van der Waals surface area contributed by atoms with Gasteiger partial charge in [-0.3, -0.25) is 0 Å². The molecular formula is C10H8N2O3S. The lowest BCUT2D eigenvalue weighted by Crippen LogP contribution is -1.92. The van der Waals surface area contributed by atoms with Crippen LogP contribution in [0.3, 0.4) is 0 Å². The Morgan fingerprint density at radius 2 is 2.19 bits per heavy atom. The van der Waals surface area contributed by atoms with Crippen molar-refractivity contribution in [3.63, 3.8) is 0 Å². The Kier molecular flexibility index (Phi) is 2.07. The Bertz CT molecular complexity index is 527. The Hall–Kier alpha value is -1.95. The number of rotatable bonds is 2. The third kappa shape index (κ3) is 1.63. The first-order chi connectivity index (χ1) is 7.81. The molecule has 2 heterocycles. The highest BCUT2D eigenvalue weighted by atomic mass is 32.1. The normalized spacial score (nSPS) is 12.8. The van der Waals surface area contributed by atoms with E-state index in [2.05, 4.69) is 4.98 Å². The van der Waals surface area contributed by atoms with Gasteiger partial charge in [0, 0.05) is 6.07 Å². The summed E-state index contributed by atoms with van der Waals surface area (Å²) in [5.41, 5.74) is 5.55. The Morgan fingerprint density at radius 1 is 1.31 bits per heavy atom. The fraction of sp³-hybridized carbons (Fsp3) is 0.100. The third-order valence-electron chi connectivity index (χ3n) is 2.05. The van der Waals surface area contributed by atoms with E-state index in [1.165, 1.54) is 11.3 Å². The van der Waals surface area contributed by atoms with E-state index in [0.29, 0.717) is 21.7 Å². The molecule has 1 aliphatic heterocycles. The second-order valence-corrected chi connectivity index (χ2v) is 4.17. The van der Waals surface area contributed by atoms with Crippen molar-refractivity contribution in [2.24, 2.45) is 0 Å². The summed E-state index contributed by atoms with van der Waals surface area (Å²) in [7, 11) is 0. The smallest absolute Gasteiger partial charge is 0.280 e. The summed E-state index contributed by atoms with van der Waals surface area (Å²) >= 11 is 1.29. The lowest BCUT2D eigenvalue weighted by atomic mass is 10.3. The molecule has 2 aromatic rings. The van der Waals surface area contributed by atoms with Gasteiger partial charge in [-0.1, -0.05) is 11.3 Å². The number of nitrogens with two attached hydrogens (primary N) is 1. The average molecular weight is 236 g/mol. The zero-order chi connectivity index (χ0) is 11.0. The van der Waals surface area contributed by atoms with E-state index >= 15 is 0 Å². The molecule has 0 unspecified atom stereocenters. The van der Waals surface area contributed by atoms with Crippen LogP contribution in [0.25, 0.3) is 0 Å². The summed E-state index contributed by atoms with van der Waals surface area (Å²) in [4.78, 5) is 4.00. The molecule has 2 N–H and O–H groups in total. The van der Waals surface area contributed by atoms with Crippen LogP contribution in [-0.2, 0) is 0 Å². The van der Waals surface area contributed by atoms with Crippen molar-refractivity contribution >= 4 is 16.3 Å². The number of ether oxygens (including phenoxy) is 3. The molecular weight excluding hydrogens is 228 g/mol. The van der Waals surface area contributed by atoms with E-state index in [-0.39, 0.29) is 6.79 Å². The molecule has 0 bridgehead atoms. The summed E-state index contributed by atoms with van der Waals surface area (Å²) in [6, 6.07) is 5.36. The molecule has 5 nitrogen and oxygen atoms in total. The minimum atomic E-state index is 0.253. The van der Waals surface area contributed by atoms with E-state index in [9.17, 15) is 0 Å². The number of nitrogens with zero attached hydrogens (tertiary/aromatic N) is 1. The van der Waals surface area contributed by atoms with Crippen LogP contribution in [0.15, 0.2) is 24.4 Å². The molecule has 1 aromatic carbocycles. The number of hydrogen-bond donors (Lipinski definition) is 1. The van der Waals surface area contributed by atoms with Crippen LogP contribution >= 0.6 is 11.3 Å². The summed E-state index contributed by atoms with van der Waals surface area (Å²) in [5.74, 6) is 2.06. The Balaban J connectivity index is 1.85.